The molecule has 0 aliphatic carbocycles. The van der Waals surface area contributed by atoms with Gasteiger partial charge in [-0.1, -0.05) is 40.2 Å². The van der Waals surface area contributed by atoms with Crippen molar-refractivity contribution in [1.82, 2.24) is 5.32 Å². The molecule has 1 aliphatic heterocycles. The molecule has 98 valence electrons. The van der Waals surface area contributed by atoms with E-state index in [1.165, 1.54) is 17.2 Å². The van der Waals surface area contributed by atoms with Crippen LogP contribution >= 0.6 is 15.9 Å². The maximum Gasteiger partial charge on any atom is 0.123 e. The van der Waals surface area contributed by atoms with Crippen molar-refractivity contribution in [1.29, 1.82) is 0 Å². The number of hydrogen-bond donors (Lipinski definition) is 1. The van der Waals surface area contributed by atoms with Gasteiger partial charge in [0.1, 0.15) is 5.82 Å². The monoisotopic (exact) mass is 319 g/mol. The molecule has 1 atom stereocenters. The number of nitrogens with one attached hydrogen (secondary N) is 1. The van der Waals surface area contributed by atoms with Gasteiger partial charge in [0.15, 0.2) is 0 Å². The summed E-state index contributed by atoms with van der Waals surface area (Å²) in [6, 6.07) is 13.6. The molecule has 1 unspecified atom stereocenters. The number of rotatable bonds is 2. The van der Waals surface area contributed by atoms with Gasteiger partial charge in [0.25, 0.3) is 0 Å². The molecular formula is C16H15BrFN. The molecule has 3 heteroatoms. The van der Waals surface area contributed by atoms with Crippen molar-refractivity contribution in [3.05, 3.63) is 69.4 Å². The van der Waals surface area contributed by atoms with Gasteiger partial charge < -0.3 is 5.32 Å². The molecule has 19 heavy (non-hydrogen) atoms. The molecule has 0 saturated heterocycles. The predicted molar refractivity (Wildman–Crippen MR) is 78.7 cm³/mol. The molecule has 0 bridgehead atoms. The largest absolute Gasteiger partial charge is 0.309 e. The van der Waals surface area contributed by atoms with E-state index in [0.717, 1.165) is 29.4 Å². The van der Waals surface area contributed by atoms with E-state index < -0.39 is 0 Å². The van der Waals surface area contributed by atoms with Gasteiger partial charge in [-0.2, -0.15) is 0 Å². The second-order valence-electron chi connectivity index (χ2n) is 4.90. The highest BCUT2D eigenvalue weighted by Crippen LogP contribution is 2.28. The summed E-state index contributed by atoms with van der Waals surface area (Å²) >= 11 is 3.50. The van der Waals surface area contributed by atoms with Gasteiger partial charge in [-0.15, -0.1) is 0 Å². The van der Waals surface area contributed by atoms with Crippen molar-refractivity contribution in [2.45, 2.75) is 18.9 Å². The van der Waals surface area contributed by atoms with Crippen LogP contribution in [0.5, 0.6) is 0 Å². The lowest BCUT2D eigenvalue weighted by atomic mass is 9.90. The third-order valence-corrected chi connectivity index (χ3v) is 4.42. The van der Waals surface area contributed by atoms with Crippen LogP contribution in [-0.4, -0.2) is 6.54 Å². The molecule has 1 nitrogen and oxygen atoms in total. The fraction of sp³-hybridized carbons (Fsp3) is 0.250. The first-order chi connectivity index (χ1) is 9.24. The molecule has 0 spiro atoms. The van der Waals surface area contributed by atoms with Gasteiger partial charge in [-0.05, 0) is 54.3 Å². The topological polar surface area (TPSA) is 12.0 Å². The Hall–Kier alpha value is -1.19. The molecule has 1 N–H and O–H groups in total. The van der Waals surface area contributed by atoms with Gasteiger partial charge >= 0.3 is 0 Å². The lowest BCUT2D eigenvalue weighted by Crippen LogP contribution is -2.31. The second-order valence-corrected chi connectivity index (χ2v) is 5.75. The first-order valence-electron chi connectivity index (χ1n) is 6.49. The lowest BCUT2D eigenvalue weighted by molar-refractivity contribution is 0.500. The van der Waals surface area contributed by atoms with Gasteiger partial charge in [0.05, 0.1) is 0 Å². The van der Waals surface area contributed by atoms with Crippen LogP contribution in [0.2, 0.25) is 0 Å². The third kappa shape index (κ3) is 2.72. The summed E-state index contributed by atoms with van der Waals surface area (Å²) in [5.41, 5.74) is 3.75. The number of fused-ring (bicyclic) bond motifs is 1. The summed E-state index contributed by atoms with van der Waals surface area (Å²) in [5.74, 6) is -0.178. The van der Waals surface area contributed by atoms with Crippen LogP contribution in [0, 0.1) is 5.82 Å². The minimum atomic E-state index is -0.178. The molecule has 0 fully saturated rings. The first kappa shape index (κ1) is 12.8. The molecule has 1 aliphatic rings. The van der Waals surface area contributed by atoms with Crippen molar-refractivity contribution in [3.8, 4) is 0 Å². The second kappa shape index (κ2) is 5.43. The number of benzene rings is 2. The normalized spacial score (nSPS) is 18.1. The van der Waals surface area contributed by atoms with Crippen LogP contribution in [0.4, 0.5) is 4.39 Å². The quantitative estimate of drug-likeness (QED) is 0.881. The molecule has 0 amide bonds. The van der Waals surface area contributed by atoms with Crippen molar-refractivity contribution in [2.75, 3.05) is 6.54 Å². The minimum Gasteiger partial charge on any atom is -0.309 e. The molecule has 0 radical (unpaired) electrons. The van der Waals surface area contributed by atoms with Crippen LogP contribution in [0.15, 0.2) is 46.9 Å². The average Bonchev–Trinajstić information content (AvgIpc) is 2.43. The maximum atomic E-state index is 13.4. The van der Waals surface area contributed by atoms with E-state index in [1.807, 2.05) is 0 Å². The summed E-state index contributed by atoms with van der Waals surface area (Å²) in [4.78, 5) is 0. The molecule has 0 saturated carbocycles. The van der Waals surface area contributed by atoms with Crippen molar-refractivity contribution in [3.63, 3.8) is 0 Å². The fourth-order valence-corrected chi connectivity index (χ4v) is 3.10. The van der Waals surface area contributed by atoms with Gasteiger partial charge in [-0.3, -0.25) is 0 Å². The molecule has 3 rings (SSSR count). The maximum absolute atomic E-state index is 13.4. The van der Waals surface area contributed by atoms with Crippen molar-refractivity contribution < 1.29 is 4.39 Å². The zero-order valence-electron chi connectivity index (χ0n) is 10.5. The summed E-state index contributed by atoms with van der Waals surface area (Å²) in [7, 11) is 0. The van der Waals surface area contributed by atoms with Gasteiger partial charge in [0.2, 0.25) is 0 Å². The molecule has 2 aromatic carbocycles. The van der Waals surface area contributed by atoms with E-state index in [9.17, 15) is 4.39 Å². The Kier molecular flexibility index (Phi) is 3.67. The molecule has 2 aromatic rings. The number of hydrogen-bond acceptors (Lipinski definition) is 1. The Morgan fingerprint density at radius 2 is 2.05 bits per heavy atom. The summed E-state index contributed by atoms with van der Waals surface area (Å²) < 4.78 is 14.3. The van der Waals surface area contributed by atoms with E-state index in [4.69, 9.17) is 0 Å². The SMILES string of the molecule is Fc1ccc(Br)c(CC2NCCc3ccccc32)c1. The lowest BCUT2D eigenvalue weighted by Gasteiger charge is -2.27. The highest BCUT2D eigenvalue weighted by Gasteiger charge is 2.20. The van der Waals surface area contributed by atoms with E-state index >= 15 is 0 Å². The molecule has 0 aromatic heterocycles. The standard InChI is InChI=1S/C16H15BrFN/c17-15-6-5-13(18)9-12(15)10-16-14-4-2-1-3-11(14)7-8-19-16/h1-6,9,16,19H,7-8,10H2. The van der Waals surface area contributed by atoms with E-state index in [2.05, 4.69) is 45.5 Å². The smallest absolute Gasteiger partial charge is 0.123 e. The van der Waals surface area contributed by atoms with Crippen molar-refractivity contribution >= 4 is 15.9 Å². The summed E-state index contributed by atoms with van der Waals surface area (Å²) in [5, 5.41) is 3.53. The highest BCUT2D eigenvalue weighted by molar-refractivity contribution is 9.10. The zero-order valence-corrected chi connectivity index (χ0v) is 12.1. The number of halogens is 2. The van der Waals surface area contributed by atoms with Crippen LogP contribution < -0.4 is 5.32 Å². The molecular weight excluding hydrogens is 305 g/mol. The molecule has 1 heterocycles. The van der Waals surface area contributed by atoms with E-state index in [0.29, 0.717) is 0 Å². The fourth-order valence-electron chi connectivity index (χ4n) is 2.69. The Balaban J connectivity index is 1.90. The Bertz CT molecular complexity index is 597. The Morgan fingerprint density at radius 3 is 2.95 bits per heavy atom. The Morgan fingerprint density at radius 1 is 1.21 bits per heavy atom. The average molecular weight is 320 g/mol. The van der Waals surface area contributed by atoms with Gasteiger partial charge in [-0.25, -0.2) is 4.39 Å². The minimum absolute atomic E-state index is 0.178. The van der Waals surface area contributed by atoms with Crippen LogP contribution in [0.3, 0.4) is 0 Å². The summed E-state index contributed by atoms with van der Waals surface area (Å²) in [6.45, 7) is 0.981. The zero-order chi connectivity index (χ0) is 13.2. The van der Waals surface area contributed by atoms with Crippen LogP contribution in [-0.2, 0) is 12.8 Å². The highest BCUT2D eigenvalue weighted by atomic mass is 79.9. The summed E-state index contributed by atoms with van der Waals surface area (Å²) in [6.07, 6.45) is 1.87. The van der Waals surface area contributed by atoms with Crippen LogP contribution in [0.25, 0.3) is 0 Å². The van der Waals surface area contributed by atoms with Crippen molar-refractivity contribution in [2.24, 2.45) is 0 Å². The van der Waals surface area contributed by atoms with E-state index in [-0.39, 0.29) is 11.9 Å². The van der Waals surface area contributed by atoms with E-state index in [1.54, 1.807) is 12.1 Å². The first-order valence-corrected chi connectivity index (χ1v) is 7.28. The predicted octanol–water partition coefficient (Wildman–Crippen LogP) is 4.02. The van der Waals surface area contributed by atoms with Gasteiger partial charge in [0, 0.05) is 10.5 Å². The van der Waals surface area contributed by atoms with Crippen LogP contribution in [0.1, 0.15) is 22.7 Å². The Labute approximate surface area is 121 Å². The third-order valence-electron chi connectivity index (χ3n) is 3.65.